The summed E-state index contributed by atoms with van der Waals surface area (Å²) in [4.78, 5) is 9.51. The molecular weight excluding hydrogens is 248 g/mol. The van der Waals surface area contributed by atoms with E-state index in [1.165, 1.54) is 0 Å². The summed E-state index contributed by atoms with van der Waals surface area (Å²) in [5.41, 5.74) is 0. The van der Waals surface area contributed by atoms with E-state index in [1.54, 1.807) is 0 Å². The van der Waals surface area contributed by atoms with Crippen LogP contribution in [0.1, 0.15) is 0 Å². The molecule has 0 radical (unpaired) electrons. The third-order valence-corrected chi connectivity index (χ3v) is 0.694. The molecule has 0 amide bonds. The predicted molar refractivity (Wildman–Crippen MR) is 25.3 cm³/mol. The second-order valence-electron chi connectivity index (χ2n) is 0.785. The standard InChI is InChI=1S/C2HCl3O2.Rb/c3-2(4,5)1(6)7;/h(H,6,7);/q;+1/p-1. The Balaban J connectivity index is 0. The van der Waals surface area contributed by atoms with Gasteiger partial charge in [-0.3, -0.25) is 0 Å². The van der Waals surface area contributed by atoms with Gasteiger partial charge >= 0.3 is 58.2 Å². The third-order valence-electron chi connectivity index (χ3n) is 0.231. The molecule has 0 bridgehead atoms. The van der Waals surface area contributed by atoms with Gasteiger partial charge in [-0.1, -0.05) is 34.8 Å². The van der Waals surface area contributed by atoms with E-state index in [9.17, 15) is 9.90 Å². The molecular formula is C2Cl3O2Rb. The molecule has 0 saturated carbocycles. The van der Waals surface area contributed by atoms with Crippen molar-refractivity contribution in [1.82, 2.24) is 0 Å². The van der Waals surface area contributed by atoms with Crippen molar-refractivity contribution in [1.29, 1.82) is 0 Å². The Morgan fingerprint density at radius 3 is 1.50 bits per heavy atom. The average Bonchev–Trinajstić information content (AvgIpc) is 1.31. The molecule has 0 saturated heterocycles. The van der Waals surface area contributed by atoms with Crippen molar-refractivity contribution in [2.24, 2.45) is 0 Å². The number of carboxylic acids is 1. The van der Waals surface area contributed by atoms with E-state index in [0.29, 0.717) is 0 Å². The van der Waals surface area contributed by atoms with E-state index in [0.717, 1.165) is 0 Å². The summed E-state index contributed by atoms with van der Waals surface area (Å²) in [5.74, 6) is -1.71. The van der Waals surface area contributed by atoms with Gasteiger partial charge in [0.05, 0.1) is 5.97 Å². The van der Waals surface area contributed by atoms with E-state index in [2.05, 4.69) is 0 Å². The number of alkyl halides is 3. The average molecular weight is 248 g/mol. The predicted octanol–water partition coefficient (Wildman–Crippen LogP) is -2.89. The number of rotatable bonds is 0. The molecule has 8 heavy (non-hydrogen) atoms. The third kappa shape index (κ3) is 6.27. The Morgan fingerprint density at radius 1 is 1.38 bits per heavy atom. The van der Waals surface area contributed by atoms with Gasteiger partial charge in [0.2, 0.25) is 3.79 Å². The van der Waals surface area contributed by atoms with Gasteiger partial charge in [0, 0.05) is 0 Å². The zero-order chi connectivity index (χ0) is 6.08. The minimum absolute atomic E-state index is 0. The van der Waals surface area contributed by atoms with Crippen molar-refractivity contribution >= 4 is 40.8 Å². The summed E-state index contributed by atoms with van der Waals surface area (Å²) in [6.07, 6.45) is 0. The quantitative estimate of drug-likeness (QED) is 0.432. The van der Waals surface area contributed by atoms with Crippen LogP contribution in [0.3, 0.4) is 0 Å². The number of halogens is 3. The second kappa shape index (κ2) is 4.88. The number of hydrogen-bond donors (Lipinski definition) is 0. The van der Waals surface area contributed by atoms with Crippen molar-refractivity contribution in [3.8, 4) is 0 Å². The molecule has 0 aromatic carbocycles. The molecule has 0 aliphatic rings. The maximum absolute atomic E-state index is 9.51. The van der Waals surface area contributed by atoms with Crippen LogP contribution in [0.4, 0.5) is 0 Å². The zero-order valence-electron chi connectivity index (χ0n) is 3.95. The first kappa shape index (κ1) is 12.8. The fraction of sp³-hybridized carbons (Fsp3) is 0.500. The Bertz CT molecular complexity index is 87.8. The normalized spacial score (nSPS) is 9.88. The van der Waals surface area contributed by atoms with Crippen LogP contribution < -0.4 is 63.3 Å². The summed E-state index contributed by atoms with van der Waals surface area (Å²) in [6, 6.07) is 0. The maximum Gasteiger partial charge on any atom is 1.00 e. The smallest absolute Gasteiger partial charge is 0.545 e. The van der Waals surface area contributed by atoms with E-state index in [4.69, 9.17) is 34.8 Å². The van der Waals surface area contributed by atoms with Gasteiger partial charge in [-0.05, 0) is 0 Å². The molecule has 42 valence electrons. The van der Waals surface area contributed by atoms with Crippen LogP contribution in [0.15, 0.2) is 0 Å². The molecule has 0 N–H and O–H groups in total. The molecule has 6 heteroatoms. The van der Waals surface area contributed by atoms with Gasteiger partial charge in [0.15, 0.2) is 0 Å². The summed E-state index contributed by atoms with van der Waals surface area (Å²) >= 11 is 14.2. The first-order valence-electron chi connectivity index (χ1n) is 1.23. The Hall–Kier alpha value is 2.15. The number of carbonyl (C=O) groups is 1. The summed E-state index contributed by atoms with van der Waals surface area (Å²) in [6.45, 7) is 0. The molecule has 0 aromatic heterocycles. The number of aliphatic carboxylic acids is 1. The van der Waals surface area contributed by atoms with Gasteiger partial charge in [-0.2, -0.15) is 0 Å². The largest absolute Gasteiger partial charge is 1.00 e. The molecule has 0 rings (SSSR count). The monoisotopic (exact) mass is 246 g/mol. The minimum atomic E-state index is -2.28. The number of carbonyl (C=O) groups excluding carboxylic acids is 1. The van der Waals surface area contributed by atoms with Crippen LogP contribution >= 0.6 is 34.8 Å². The van der Waals surface area contributed by atoms with Crippen LogP contribution in [-0.2, 0) is 4.79 Å². The van der Waals surface area contributed by atoms with Crippen molar-refractivity contribution in [2.45, 2.75) is 3.79 Å². The van der Waals surface area contributed by atoms with Crippen molar-refractivity contribution in [3.63, 3.8) is 0 Å². The van der Waals surface area contributed by atoms with E-state index in [1.807, 2.05) is 0 Å². The van der Waals surface area contributed by atoms with Gasteiger partial charge in [0.1, 0.15) is 0 Å². The molecule has 0 heterocycles. The molecule has 0 aliphatic heterocycles. The molecule has 0 unspecified atom stereocenters. The van der Waals surface area contributed by atoms with Crippen LogP contribution in [0.25, 0.3) is 0 Å². The van der Waals surface area contributed by atoms with Gasteiger partial charge in [0.25, 0.3) is 0 Å². The summed E-state index contributed by atoms with van der Waals surface area (Å²) < 4.78 is -2.28. The molecule has 2 nitrogen and oxygen atoms in total. The first-order valence-corrected chi connectivity index (χ1v) is 2.36. The van der Waals surface area contributed by atoms with Crippen LogP contribution in [0, 0.1) is 0 Å². The fourth-order valence-corrected chi connectivity index (χ4v) is 0. The molecule has 0 spiro atoms. The van der Waals surface area contributed by atoms with Crippen LogP contribution in [-0.4, -0.2) is 9.76 Å². The Morgan fingerprint density at radius 2 is 1.50 bits per heavy atom. The van der Waals surface area contributed by atoms with E-state index >= 15 is 0 Å². The molecule has 0 fully saturated rings. The van der Waals surface area contributed by atoms with Gasteiger partial charge in [-0.25, -0.2) is 0 Å². The fourth-order valence-electron chi connectivity index (χ4n) is 0. The summed E-state index contributed by atoms with van der Waals surface area (Å²) in [7, 11) is 0. The number of carboxylic acid groups (broad SMARTS) is 1. The summed E-state index contributed by atoms with van der Waals surface area (Å²) in [5, 5.41) is 9.51. The molecule has 0 atom stereocenters. The van der Waals surface area contributed by atoms with E-state index < -0.39 is 9.76 Å². The van der Waals surface area contributed by atoms with Crippen LogP contribution in [0.5, 0.6) is 0 Å². The minimum Gasteiger partial charge on any atom is -0.545 e. The van der Waals surface area contributed by atoms with E-state index in [-0.39, 0.29) is 58.2 Å². The Kier molecular flexibility index (Phi) is 7.81. The second-order valence-corrected chi connectivity index (χ2v) is 3.07. The van der Waals surface area contributed by atoms with Crippen molar-refractivity contribution < 1.29 is 68.1 Å². The zero-order valence-corrected chi connectivity index (χ0v) is 11.1. The SMILES string of the molecule is O=C([O-])C(Cl)(Cl)Cl.[Rb+]. The van der Waals surface area contributed by atoms with Gasteiger partial charge < -0.3 is 9.90 Å². The maximum atomic E-state index is 9.51. The van der Waals surface area contributed by atoms with Gasteiger partial charge in [-0.15, -0.1) is 0 Å². The topological polar surface area (TPSA) is 40.1 Å². The van der Waals surface area contributed by atoms with Crippen LogP contribution in [0.2, 0.25) is 0 Å². The molecule has 0 aliphatic carbocycles. The first-order chi connectivity index (χ1) is 2.94. The molecule has 0 aromatic rings. The van der Waals surface area contributed by atoms with Crippen molar-refractivity contribution in [2.75, 3.05) is 0 Å². The number of hydrogen-bond acceptors (Lipinski definition) is 2. The Labute approximate surface area is 110 Å². The van der Waals surface area contributed by atoms with Crippen molar-refractivity contribution in [3.05, 3.63) is 0 Å².